The summed E-state index contributed by atoms with van der Waals surface area (Å²) >= 11 is 0. The first-order chi connectivity index (χ1) is 14.7. The van der Waals surface area contributed by atoms with Crippen molar-refractivity contribution in [1.82, 2.24) is 14.9 Å². The molecular formula is C22H18F3N3O3. The Balaban J connectivity index is 1.56. The van der Waals surface area contributed by atoms with Crippen LogP contribution in [0.25, 0.3) is 11.1 Å². The molecule has 0 saturated carbocycles. The van der Waals surface area contributed by atoms with Gasteiger partial charge in [0, 0.05) is 18.0 Å². The highest BCUT2D eigenvalue weighted by atomic mass is 19.4. The van der Waals surface area contributed by atoms with E-state index < -0.39 is 12.5 Å². The van der Waals surface area contributed by atoms with Gasteiger partial charge in [-0.1, -0.05) is 12.1 Å². The molecule has 4 rings (SSSR count). The Morgan fingerprint density at radius 2 is 1.74 bits per heavy atom. The zero-order chi connectivity index (χ0) is 22.2. The lowest BCUT2D eigenvalue weighted by Crippen LogP contribution is -2.36. The number of alkyl halides is 3. The van der Waals surface area contributed by atoms with Crippen molar-refractivity contribution in [3.05, 3.63) is 71.3 Å². The molecule has 2 heterocycles. The summed E-state index contributed by atoms with van der Waals surface area (Å²) in [6.07, 6.45) is -1.88. The summed E-state index contributed by atoms with van der Waals surface area (Å²) in [6.45, 7) is 3.92. The molecule has 0 aliphatic carbocycles. The molecule has 2 aromatic carbocycles. The smallest absolute Gasteiger partial charge is 0.410 e. The molecule has 1 aliphatic rings. The predicted molar refractivity (Wildman–Crippen MR) is 105 cm³/mol. The second-order valence-corrected chi connectivity index (χ2v) is 7.25. The number of amides is 1. The summed E-state index contributed by atoms with van der Waals surface area (Å²) in [5.74, 6) is 0.703. The fourth-order valence-electron chi connectivity index (χ4n) is 3.27. The summed E-state index contributed by atoms with van der Waals surface area (Å²) in [6, 6.07) is 9.75. The Morgan fingerprint density at radius 1 is 1.06 bits per heavy atom. The van der Waals surface area contributed by atoms with Gasteiger partial charge in [0.2, 0.25) is 0 Å². The van der Waals surface area contributed by atoms with E-state index in [-0.39, 0.29) is 12.3 Å². The van der Waals surface area contributed by atoms with Crippen LogP contribution < -0.4 is 9.47 Å². The second-order valence-electron chi connectivity index (χ2n) is 7.25. The van der Waals surface area contributed by atoms with Crippen LogP contribution in [0.3, 0.4) is 0 Å². The zero-order valence-electron chi connectivity index (χ0n) is 16.7. The minimum Gasteiger partial charge on any atom is -0.410 e. The molecule has 1 aromatic heterocycles. The van der Waals surface area contributed by atoms with Crippen LogP contribution >= 0.6 is 0 Å². The molecule has 0 bridgehead atoms. The first-order valence-corrected chi connectivity index (χ1v) is 9.42. The highest BCUT2D eigenvalue weighted by Crippen LogP contribution is 2.34. The van der Waals surface area contributed by atoms with E-state index >= 15 is 0 Å². The van der Waals surface area contributed by atoms with Crippen LogP contribution in [-0.2, 0) is 13.1 Å². The predicted octanol–water partition coefficient (Wildman–Crippen LogP) is 5.17. The van der Waals surface area contributed by atoms with Gasteiger partial charge in [-0.2, -0.15) is 0 Å². The van der Waals surface area contributed by atoms with E-state index in [9.17, 15) is 18.0 Å². The molecule has 0 atom stereocenters. The number of halogens is 3. The normalized spacial score (nSPS) is 13.6. The molecule has 0 unspecified atom stereocenters. The van der Waals surface area contributed by atoms with Crippen molar-refractivity contribution in [1.29, 1.82) is 0 Å². The van der Waals surface area contributed by atoms with E-state index in [1.807, 2.05) is 13.0 Å². The number of ether oxygens (including phenoxy) is 2. The lowest BCUT2D eigenvalue weighted by molar-refractivity contribution is -0.274. The van der Waals surface area contributed by atoms with E-state index in [0.717, 1.165) is 22.3 Å². The number of nitrogens with zero attached hydrogens (tertiary/aromatic N) is 3. The molecule has 6 nitrogen and oxygen atoms in total. The number of aryl methyl sites for hydroxylation is 2. The number of carbonyl (C=O) groups is 1. The molecular weight excluding hydrogens is 411 g/mol. The second kappa shape index (κ2) is 7.90. The molecule has 1 aliphatic heterocycles. The van der Waals surface area contributed by atoms with Crippen molar-refractivity contribution in [2.45, 2.75) is 33.3 Å². The monoisotopic (exact) mass is 429 g/mol. The van der Waals surface area contributed by atoms with E-state index in [1.54, 1.807) is 43.6 Å². The number of rotatable bonds is 4. The van der Waals surface area contributed by atoms with Crippen LogP contribution in [0.2, 0.25) is 0 Å². The van der Waals surface area contributed by atoms with Gasteiger partial charge in [-0.3, -0.25) is 4.90 Å². The Hall–Kier alpha value is -3.62. The topological polar surface area (TPSA) is 64.6 Å². The molecule has 0 spiro atoms. The molecule has 0 radical (unpaired) electrons. The van der Waals surface area contributed by atoms with Gasteiger partial charge in [0.05, 0.1) is 13.1 Å². The minimum atomic E-state index is -4.74. The lowest BCUT2D eigenvalue weighted by Gasteiger charge is -2.27. The highest BCUT2D eigenvalue weighted by Gasteiger charge is 2.32. The zero-order valence-corrected chi connectivity index (χ0v) is 16.7. The third-order valence-electron chi connectivity index (χ3n) is 4.78. The van der Waals surface area contributed by atoms with E-state index in [4.69, 9.17) is 4.74 Å². The molecule has 9 heteroatoms. The van der Waals surface area contributed by atoms with E-state index in [2.05, 4.69) is 14.7 Å². The Morgan fingerprint density at radius 3 is 2.42 bits per heavy atom. The van der Waals surface area contributed by atoms with Gasteiger partial charge in [0.15, 0.2) is 0 Å². The van der Waals surface area contributed by atoms with Crippen molar-refractivity contribution in [2.75, 3.05) is 0 Å². The standard InChI is InChI=1S/C22H18F3N3O3/c1-13-9-26-20(27-10-13)12-28-11-17-8-16(4-6-19(17)30-21(28)29)15-3-5-18(14(2)7-15)31-22(23,24)25/h3-10H,11-12H2,1-2H3. The Labute approximate surface area is 176 Å². The minimum absolute atomic E-state index is 0.200. The van der Waals surface area contributed by atoms with Gasteiger partial charge < -0.3 is 9.47 Å². The first-order valence-electron chi connectivity index (χ1n) is 9.42. The summed E-state index contributed by atoms with van der Waals surface area (Å²) in [5.41, 5.74) is 3.56. The fourth-order valence-corrected chi connectivity index (χ4v) is 3.27. The summed E-state index contributed by atoms with van der Waals surface area (Å²) in [7, 11) is 0. The molecule has 1 amide bonds. The third-order valence-corrected chi connectivity index (χ3v) is 4.78. The molecule has 3 aromatic rings. The average molecular weight is 429 g/mol. The number of hydrogen-bond donors (Lipinski definition) is 0. The maximum atomic E-state index is 12.5. The van der Waals surface area contributed by atoms with Gasteiger partial charge in [-0.15, -0.1) is 13.2 Å². The Bertz CT molecular complexity index is 1130. The van der Waals surface area contributed by atoms with E-state index in [0.29, 0.717) is 23.7 Å². The molecule has 0 N–H and O–H groups in total. The van der Waals surface area contributed by atoms with Crippen LogP contribution in [0.15, 0.2) is 48.8 Å². The van der Waals surface area contributed by atoms with Gasteiger partial charge in [0.1, 0.15) is 17.3 Å². The number of benzene rings is 2. The molecule has 31 heavy (non-hydrogen) atoms. The SMILES string of the molecule is Cc1cnc(CN2Cc3cc(-c4ccc(OC(F)(F)F)c(C)c4)ccc3OC2=O)nc1. The summed E-state index contributed by atoms with van der Waals surface area (Å²) < 4.78 is 46.9. The van der Waals surface area contributed by atoms with Crippen molar-refractivity contribution in [3.63, 3.8) is 0 Å². The molecule has 0 saturated heterocycles. The van der Waals surface area contributed by atoms with Crippen LogP contribution in [-0.4, -0.2) is 27.3 Å². The maximum Gasteiger partial charge on any atom is 0.573 e. The quantitative estimate of drug-likeness (QED) is 0.572. The third kappa shape index (κ3) is 4.76. The van der Waals surface area contributed by atoms with Crippen molar-refractivity contribution >= 4 is 6.09 Å². The lowest BCUT2D eigenvalue weighted by atomic mass is 10.00. The van der Waals surface area contributed by atoms with Crippen molar-refractivity contribution in [2.24, 2.45) is 0 Å². The van der Waals surface area contributed by atoms with Crippen molar-refractivity contribution in [3.8, 4) is 22.6 Å². The fraction of sp³-hybridized carbons (Fsp3) is 0.227. The van der Waals surface area contributed by atoms with E-state index in [1.165, 1.54) is 11.0 Å². The Kier molecular flexibility index (Phi) is 5.26. The van der Waals surface area contributed by atoms with Crippen LogP contribution in [0, 0.1) is 13.8 Å². The first kappa shape index (κ1) is 20.6. The number of carbonyl (C=O) groups excluding carboxylic acids is 1. The summed E-state index contributed by atoms with van der Waals surface area (Å²) in [5, 5.41) is 0. The van der Waals surface area contributed by atoms with Gasteiger partial charge in [0.25, 0.3) is 0 Å². The van der Waals surface area contributed by atoms with Crippen LogP contribution in [0.1, 0.15) is 22.5 Å². The van der Waals surface area contributed by atoms with Gasteiger partial charge >= 0.3 is 12.5 Å². The number of aromatic nitrogens is 2. The van der Waals surface area contributed by atoms with Crippen LogP contribution in [0.4, 0.5) is 18.0 Å². The molecule has 0 fully saturated rings. The van der Waals surface area contributed by atoms with Crippen molar-refractivity contribution < 1.29 is 27.4 Å². The highest BCUT2D eigenvalue weighted by molar-refractivity contribution is 5.75. The van der Waals surface area contributed by atoms with Gasteiger partial charge in [-0.25, -0.2) is 14.8 Å². The largest absolute Gasteiger partial charge is 0.573 e. The molecule has 160 valence electrons. The average Bonchev–Trinajstić information content (AvgIpc) is 2.70. The number of fused-ring (bicyclic) bond motifs is 1. The number of hydrogen-bond acceptors (Lipinski definition) is 5. The van der Waals surface area contributed by atoms with Gasteiger partial charge in [-0.05, 0) is 60.4 Å². The maximum absolute atomic E-state index is 12.5. The summed E-state index contributed by atoms with van der Waals surface area (Å²) in [4.78, 5) is 22.2. The van der Waals surface area contributed by atoms with Crippen LogP contribution in [0.5, 0.6) is 11.5 Å².